The summed E-state index contributed by atoms with van der Waals surface area (Å²) in [5.74, 6) is 1.69. The Morgan fingerprint density at radius 3 is 2.51 bits per heavy atom. The van der Waals surface area contributed by atoms with Crippen LogP contribution in [0.25, 0.3) is 22.6 Å². The molecule has 0 aliphatic heterocycles. The molecule has 0 amide bonds. The van der Waals surface area contributed by atoms with Crippen LogP contribution >= 0.6 is 0 Å². The Morgan fingerprint density at radius 2 is 1.78 bits per heavy atom. The minimum Gasteiger partial charge on any atom is -0.508 e. The molecule has 2 aromatic rings. The van der Waals surface area contributed by atoms with Crippen LogP contribution in [-0.2, 0) is 4.79 Å². The number of azide groups is 1. The smallest absolute Gasteiger partial charge is 0.185 e. The molecule has 1 aliphatic carbocycles. The van der Waals surface area contributed by atoms with E-state index in [4.69, 9.17) is 19.7 Å². The first-order valence-electron chi connectivity index (χ1n) is 12.3. The molecule has 0 radical (unpaired) electrons. The van der Waals surface area contributed by atoms with Crippen LogP contribution < -0.4 is 14.2 Å². The summed E-state index contributed by atoms with van der Waals surface area (Å²) in [6, 6.07) is 12.7. The van der Waals surface area contributed by atoms with Crippen molar-refractivity contribution in [2.45, 2.75) is 38.5 Å². The van der Waals surface area contributed by atoms with Crippen molar-refractivity contribution in [2.24, 2.45) is 11.0 Å². The first-order valence-corrected chi connectivity index (χ1v) is 12.3. The monoisotopic (exact) mass is 503 g/mol. The van der Waals surface area contributed by atoms with Gasteiger partial charge in [-0.1, -0.05) is 67.6 Å². The lowest BCUT2D eigenvalue weighted by molar-refractivity contribution is -0.111. The number of rotatable bonds is 12. The highest BCUT2D eigenvalue weighted by atomic mass is 16.5. The van der Waals surface area contributed by atoms with E-state index in [-0.39, 0.29) is 18.3 Å². The Kier molecular flexibility index (Phi) is 10.7. The number of aliphatic hydroxyl groups excluding tert-OH is 1. The largest absolute Gasteiger partial charge is 0.508 e. The van der Waals surface area contributed by atoms with Gasteiger partial charge in [-0.25, -0.2) is 0 Å². The van der Waals surface area contributed by atoms with E-state index in [0.29, 0.717) is 40.7 Å². The third-order valence-electron chi connectivity index (χ3n) is 6.31. The Balaban J connectivity index is 1.85. The van der Waals surface area contributed by atoms with Crippen LogP contribution in [0.15, 0.2) is 71.1 Å². The van der Waals surface area contributed by atoms with Crippen LogP contribution in [-0.4, -0.2) is 31.8 Å². The van der Waals surface area contributed by atoms with Gasteiger partial charge in [-0.05, 0) is 65.4 Å². The number of ether oxygens (including phenoxy) is 3. The molecular weight excluding hydrogens is 470 g/mol. The van der Waals surface area contributed by atoms with Gasteiger partial charge in [0.05, 0.1) is 14.2 Å². The maximum absolute atomic E-state index is 13.3. The summed E-state index contributed by atoms with van der Waals surface area (Å²) in [5.41, 5.74) is 10.4. The van der Waals surface area contributed by atoms with Crippen LogP contribution in [0.4, 0.5) is 0 Å². The van der Waals surface area contributed by atoms with Crippen molar-refractivity contribution in [3.05, 3.63) is 87.5 Å². The number of hydrogen-bond donors (Lipinski definition) is 1. The fraction of sp³-hybridized carbons (Fsp3) is 0.345. The minimum atomic E-state index is -0.245. The molecule has 3 rings (SSSR count). The van der Waals surface area contributed by atoms with Crippen LogP contribution in [0.2, 0.25) is 0 Å². The van der Waals surface area contributed by atoms with E-state index in [9.17, 15) is 9.90 Å². The molecule has 0 saturated heterocycles. The zero-order valence-corrected chi connectivity index (χ0v) is 21.3. The summed E-state index contributed by atoms with van der Waals surface area (Å²) in [6.45, 7) is -0.180. The number of ketones is 1. The normalized spacial score (nSPS) is 14.8. The number of benzene rings is 2. The topological polar surface area (TPSA) is 114 Å². The second-order valence-electron chi connectivity index (χ2n) is 8.79. The number of allylic oxidation sites excluding steroid dienone is 3. The number of aliphatic hydroxyl groups is 1. The summed E-state index contributed by atoms with van der Waals surface area (Å²) in [4.78, 5) is 16.0. The van der Waals surface area contributed by atoms with Crippen LogP contribution in [0.3, 0.4) is 0 Å². The fourth-order valence-electron chi connectivity index (χ4n) is 4.34. The summed E-state index contributed by atoms with van der Waals surface area (Å²) in [5, 5.41) is 14.3. The van der Waals surface area contributed by atoms with E-state index in [0.717, 1.165) is 31.2 Å². The Labute approximate surface area is 217 Å². The number of nitrogens with zero attached hydrogens (tertiary/aromatic N) is 3. The van der Waals surface area contributed by atoms with Crippen molar-refractivity contribution < 1.29 is 24.1 Å². The van der Waals surface area contributed by atoms with E-state index in [1.165, 1.54) is 19.6 Å². The first-order chi connectivity index (χ1) is 18.0. The van der Waals surface area contributed by atoms with E-state index in [1.54, 1.807) is 43.5 Å². The highest BCUT2D eigenvalue weighted by Gasteiger charge is 2.20. The zero-order valence-electron chi connectivity index (χ0n) is 21.3. The number of carbonyl (C=O) groups excluding carboxylic acids is 1. The molecular formula is C29H33N3O5. The van der Waals surface area contributed by atoms with Crippen LogP contribution in [0.5, 0.6) is 17.2 Å². The second kappa shape index (κ2) is 14.4. The van der Waals surface area contributed by atoms with Crippen molar-refractivity contribution in [3.8, 4) is 17.2 Å². The van der Waals surface area contributed by atoms with E-state index >= 15 is 0 Å². The summed E-state index contributed by atoms with van der Waals surface area (Å²) >= 11 is 0. The SMILES string of the molecule is COc1cccc(/C=C/C(O)=C(\CC2CCCCC2)C(=O)/C=C/c2ccc(OC)c(OCN=[N+]=[N-])c2)c1. The van der Waals surface area contributed by atoms with Gasteiger partial charge in [0.15, 0.2) is 24.0 Å². The maximum atomic E-state index is 13.3. The molecule has 0 spiro atoms. The number of carbonyl (C=O) groups is 1. The van der Waals surface area contributed by atoms with Gasteiger partial charge in [-0.3, -0.25) is 4.79 Å². The lowest BCUT2D eigenvalue weighted by Crippen LogP contribution is -2.12. The van der Waals surface area contributed by atoms with Crippen molar-refractivity contribution >= 4 is 17.9 Å². The van der Waals surface area contributed by atoms with Crippen LogP contribution in [0, 0.1) is 5.92 Å². The van der Waals surface area contributed by atoms with E-state index in [2.05, 4.69) is 10.0 Å². The summed E-state index contributed by atoms with van der Waals surface area (Å²) in [7, 11) is 3.12. The third kappa shape index (κ3) is 8.47. The molecule has 0 aromatic heterocycles. The van der Waals surface area contributed by atoms with Gasteiger partial charge in [-0.15, -0.1) is 0 Å². The maximum Gasteiger partial charge on any atom is 0.185 e. The average Bonchev–Trinajstić information content (AvgIpc) is 2.94. The van der Waals surface area contributed by atoms with Crippen LogP contribution in [0.1, 0.15) is 49.7 Å². The molecule has 0 bridgehead atoms. The quantitative estimate of drug-likeness (QED) is 0.0808. The van der Waals surface area contributed by atoms with E-state index < -0.39 is 0 Å². The molecule has 2 aromatic carbocycles. The van der Waals surface area contributed by atoms with Gasteiger partial charge < -0.3 is 19.3 Å². The zero-order chi connectivity index (χ0) is 26.5. The molecule has 1 aliphatic rings. The highest BCUT2D eigenvalue weighted by Crippen LogP contribution is 2.31. The number of hydrogen-bond acceptors (Lipinski definition) is 6. The first kappa shape index (κ1) is 27.4. The Morgan fingerprint density at radius 1 is 1.03 bits per heavy atom. The molecule has 1 fully saturated rings. The number of methoxy groups -OCH3 is 2. The highest BCUT2D eigenvalue weighted by molar-refractivity contribution is 6.07. The van der Waals surface area contributed by atoms with Gasteiger partial charge in [0.25, 0.3) is 0 Å². The lowest BCUT2D eigenvalue weighted by Gasteiger charge is -2.22. The molecule has 194 valence electrons. The van der Waals surface area contributed by atoms with Gasteiger partial charge in [0.2, 0.25) is 0 Å². The molecule has 0 unspecified atom stereocenters. The minimum absolute atomic E-state index is 0.0313. The summed E-state index contributed by atoms with van der Waals surface area (Å²) < 4.78 is 16.0. The Bertz CT molecular complexity index is 1210. The molecule has 37 heavy (non-hydrogen) atoms. The molecule has 1 N–H and O–H groups in total. The van der Waals surface area contributed by atoms with Gasteiger partial charge in [0.1, 0.15) is 11.5 Å². The lowest BCUT2D eigenvalue weighted by atomic mass is 9.83. The molecule has 8 nitrogen and oxygen atoms in total. The third-order valence-corrected chi connectivity index (χ3v) is 6.31. The molecule has 8 heteroatoms. The molecule has 1 saturated carbocycles. The van der Waals surface area contributed by atoms with E-state index in [1.807, 2.05) is 24.3 Å². The van der Waals surface area contributed by atoms with Gasteiger partial charge >= 0.3 is 0 Å². The fourth-order valence-corrected chi connectivity index (χ4v) is 4.34. The predicted molar refractivity (Wildman–Crippen MR) is 145 cm³/mol. The Hall–Kier alpha value is -4.16. The molecule has 0 atom stereocenters. The van der Waals surface area contributed by atoms with Gasteiger partial charge in [0, 0.05) is 10.5 Å². The summed E-state index contributed by atoms with van der Waals surface area (Å²) in [6.07, 6.45) is 12.6. The van der Waals surface area contributed by atoms with Crippen molar-refractivity contribution in [2.75, 3.05) is 21.0 Å². The molecule has 0 heterocycles. The standard InChI is InChI=1S/C29H33N3O5/c1-35-24-10-6-9-22(17-24)11-14-26(33)25(18-21-7-4-3-5-8-21)27(34)15-12-23-13-16-28(36-2)29(19-23)37-20-31-32-30/h6,9-17,19,21,33H,3-5,7-8,18,20H2,1-2H3/b14-11+,15-12+,26-25-. The van der Waals surface area contributed by atoms with Crippen molar-refractivity contribution in [1.82, 2.24) is 0 Å². The van der Waals surface area contributed by atoms with Crippen molar-refractivity contribution in [3.63, 3.8) is 0 Å². The second-order valence-corrected chi connectivity index (χ2v) is 8.79. The average molecular weight is 504 g/mol. The predicted octanol–water partition coefficient (Wildman–Crippen LogP) is 7.43. The van der Waals surface area contributed by atoms with Crippen molar-refractivity contribution in [1.29, 1.82) is 0 Å². The van der Waals surface area contributed by atoms with Gasteiger partial charge in [-0.2, -0.15) is 0 Å².